The zero-order valence-corrected chi connectivity index (χ0v) is 11.7. The van der Waals surface area contributed by atoms with E-state index < -0.39 is 6.10 Å². The minimum absolute atomic E-state index is 0.545. The number of benzene rings is 2. The molecule has 2 rings (SSSR count). The van der Waals surface area contributed by atoms with Gasteiger partial charge in [0.05, 0.1) is 13.2 Å². The van der Waals surface area contributed by atoms with E-state index in [0.717, 1.165) is 22.4 Å². The van der Waals surface area contributed by atoms with Gasteiger partial charge >= 0.3 is 0 Å². The highest BCUT2D eigenvalue weighted by atomic mass is 16.5. The molecule has 0 aliphatic rings. The van der Waals surface area contributed by atoms with Crippen molar-refractivity contribution in [2.24, 2.45) is 0 Å². The van der Waals surface area contributed by atoms with Gasteiger partial charge in [-0.15, -0.1) is 0 Å². The molecule has 2 aromatic carbocycles. The van der Waals surface area contributed by atoms with Crippen LogP contribution in [0.15, 0.2) is 42.5 Å². The first-order chi connectivity index (χ1) is 9.11. The highest BCUT2D eigenvalue weighted by molar-refractivity contribution is 5.39. The molecular weight excluding hydrogens is 236 g/mol. The van der Waals surface area contributed by atoms with Crippen LogP contribution in [-0.2, 0) is 6.42 Å². The van der Waals surface area contributed by atoms with E-state index in [1.165, 1.54) is 5.56 Å². The summed E-state index contributed by atoms with van der Waals surface area (Å²) >= 11 is 0. The topological polar surface area (TPSA) is 29.5 Å². The molecular formula is C17H20O2. The second-order valence-corrected chi connectivity index (χ2v) is 4.89. The standard InChI is InChI=1S/C17H20O2/c1-12-8-9-15(17(10-12)19-3)16(18)11-14-7-5-4-6-13(14)2/h4-10,16,18H,11H2,1-3H3. The Bertz CT molecular complexity index is 561. The Labute approximate surface area is 114 Å². The fraction of sp³-hybridized carbons (Fsp3) is 0.294. The molecule has 100 valence electrons. The Balaban J connectivity index is 2.25. The molecule has 2 heteroatoms. The molecule has 1 atom stereocenters. The van der Waals surface area contributed by atoms with Crippen LogP contribution < -0.4 is 4.74 Å². The maximum atomic E-state index is 10.4. The van der Waals surface area contributed by atoms with Crippen LogP contribution in [0.3, 0.4) is 0 Å². The van der Waals surface area contributed by atoms with Crippen LogP contribution in [0.2, 0.25) is 0 Å². The summed E-state index contributed by atoms with van der Waals surface area (Å²) in [6, 6.07) is 14.0. The Morgan fingerprint density at radius 1 is 1.11 bits per heavy atom. The maximum Gasteiger partial charge on any atom is 0.124 e. The van der Waals surface area contributed by atoms with Crippen molar-refractivity contribution in [3.8, 4) is 5.75 Å². The molecule has 0 spiro atoms. The van der Waals surface area contributed by atoms with Crippen LogP contribution in [0.4, 0.5) is 0 Å². The Morgan fingerprint density at radius 2 is 1.84 bits per heavy atom. The number of hydrogen-bond acceptors (Lipinski definition) is 2. The number of methoxy groups -OCH3 is 1. The Kier molecular flexibility index (Phi) is 4.23. The van der Waals surface area contributed by atoms with Gasteiger partial charge in [-0.2, -0.15) is 0 Å². The summed E-state index contributed by atoms with van der Waals surface area (Å²) in [5, 5.41) is 10.4. The van der Waals surface area contributed by atoms with Gasteiger partial charge in [-0.1, -0.05) is 36.4 Å². The normalized spacial score (nSPS) is 12.2. The summed E-state index contributed by atoms with van der Waals surface area (Å²) in [4.78, 5) is 0. The summed E-state index contributed by atoms with van der Waals surface area (Å²) in [6.07, 6.45) is 0.0585. The molecule has 0 bridgehead atoms. The summed E-state index contributed by atoms with van der Waals surface area (Å²) in [5.74, 6) is 0.751. The van der Waals surface area contributed by atoms with E-state index in [0.29, 0.717) is 6.42 Å². The van der Waals surface area contributed by atoms with Gasteiger partial charge in [0, 0.05) is 12.0 Å². The lowest BCUT2D eigenvalue weighted by Crippen LogP contribution is -2.05. The second kappa shape index (κ2) is 5.89. The Hall–Kier alpha value is -1.80. The van der Waals surface area contributed by atoms with Gasteiger partial charge in [0.25, 0.3) is 0 Å². The number of aryl methyl sites for hydroxylation is 2. The predicted molar refractivity (Wildman–Crippen MR) is 77.6 cm³/mol. The quantitative estimate of drug-likeness (QED) is 0.906. The third kappa shape index (κ3) is 3.15. The lowest BCUT2D eigenvalue weighted by molar-refractivity contribution is 0.174. The molecule has 2 aromatic rings. The van der Waals surface area contributed by atoms with E-state index in [1.807, 2.05) is 37.3 Å². The Morgan fingerprint density at radius 3 is 2.53 bits per heavy atom. The predicted octanol–water partition coefficient (Wildman–Crippen LogP) is 3.59. The van der Waals surface area contributed by atoms with Crippen molar-refractivity contribution in [1.82, 2.24) is 0 Å². The smallest absolute Gasteiger partial charge is 0.124 e. The zero-order valence-electron chi connectivity index (χ0n) is 11.7. The maximum absolute atomic E-state index is 10.4. The van der Waals surface area contributed by atoms with Crippen LogP contribution in [0.1, 0.15) is 28.4 Å². The van der Waals surface area contributed by atoms with Crippen molar-refractivity contribution >= 4 is 0 Å². The van der Waals surface area contributed by atoms with Crippen LogP contribution in [0, 0.1) is 13.8 Å². The molecule has 0 fully saturated rings. The fourth-order valence-electron chi connectivity index (χ4n) is 2.25. The van der Waals surface area contributed by atoms with E-state index in [2.05, 4.69) is 19.1 Å². The molecule has 2 nitrogen and oxygen atoms in total. The highest BCUT2D eigenvalue weighted by Crippen LogP contribution is 2.29. The number of aliphatic hydroxyl groups is 1. The molecule has 1 unspecified atom stereocenters. The summed E-state index contributed by atoms with van der Waals surface area (Å²) in [5.41, 5.74) is 4.34. The summed E-state index contributed by atoms with van der Waals surface area (Å²) < 4.78 is 5.36. The third-order valence-corrected chi connectivity index (χ3v) is 3.42. The van der Waals surface area contributed by atoms with E-state index >= 15 is 0 Å². The SMILES string of the molecule is COc1cc(C)ccc1C(O)Cc1ccccc1C. The molecule has 1 N–H and O–H groups in total. The number of ether oxygens (including phenoxy) is 1. The molecule has 0 saturated heterocycles. The lowest BCUT2D eigenvalue weighted by Gasteiger charge is -2.16. The number of hydrogen-bond donors (Lipinski definition) is 1. The van der Waals surface area contributed by atoms with Crippen molar-refractivity contribution in [3.05, 3.63) is 64.7 Å². The first kappa shape index (κ1) is 13.6. The molecule has 0 aromatic heterocycles. The zero-order chi connectivity index (χ0) is 13.8. The lowest BCUT2D eigenvalue weighted by atomic mass is 9.97. The van der Waals surface area contributed by atoms with Crippen LogP contribution in [0.25, 0.3) is 0 Å². The second-order valence-electron chi connectivity index (χ2n) is 4.89. The van der Waals surface area contributed by atoms with Gasteiger partial charge in [-0.3, -0.25) is 0 Å². The van der Waals surface area contributed by atoms with Crippen molar-refractivity contribution < 1.29 is 9.84 Å². The monoisotopic (exact) mass is 256 g/mol. The molecule has 0 radical (unpaired) electrons. The number of aliphatic hydroxyl groups excluding tert-OH is 1. The van der Waals surface area contributed by atoms with Crippen molar-refractivity contribution in [2.75, 3.05) is 7.11 Å². The first-order valence-corrected chi connectivity index (χ1v) is 6.49. The van der Waals surface area contributed by atoms with Crippen LogP contribution in [0.5, 0.6) is 5.75 Å². The average molecular weight is 256 g/mol. The molecule has 19 heavy (non-hydrogen) atoms. The summed E-state index contributed by atoms with van der Waals surface area (Å²) in [6.45, 7) is 4.08. The molecule has 0 saturated carbocycles. The van der Waals surface area contributed by atoms with Crippen LogP contribution >= 0.6 is 0 Å². The van der Waals surface area contributed by atoms with Gasteiger partial charge in [-0.05, 0) is 36.6 Å². The summed E-state index contributed by atoms with van der Waals surface area (Å²) in [7, 11) is 1.64. The van der Waals surface area contributed by atoms with Crippen molar-refractivity contribution in [2.45, 2.75) is 26.4 Å². The van der Waals surface area contributed by atoms with E-state index in [9.17, 15) is 5.11 Å². The van der Waals surface area contributed by atoms with E-state index in [-0.39, 0.29) is 0 Å². The largest absolute Gasteiger partial charge is 0.496 e. The van der Waals surface area contributed by atoms with E-state index in [1.54, 1.807) is 7.11 Å². The van der Waals surface area contributed by atoms with Crippen LogP contribution in [-0.4, -0.2) is 12.2 Å². The van der Waals surface area contributed by atoms with Gasteiger partial charge in [0.2, 0.25) is 0 Å². The highest BCUT2D eigenvalue weighted by Gasteiger charge is 2.14. The molecule has 0 heterocycles. The molecule has 0 aliphatic carbocycles. The van der Waals surface area contributed by atoms with Crippen molar-refractivity contribution in [3.63, 3.8) is 0 Å². The third-order valence-electron chi connectivity index (χ3n) is 3.42. The van der Waals surface area contributed by atoms with Crippen molar-refractivity contribution in [1.29, 1.82) is 0 Å². The van der Waals surface area contributed by atoms with Gasteiger partial charge in [0.15, 0.2) is 0 Å². The van der Waals surface area contributed by atoms with Gasteiger partial charge in [-0.25, -0.2) is 0 Å². The molecule has 0 amide bonds. The average Bonchev–Trinajstić information content (AvgIpc) is 2.41. The first-order valence-electron chi connectivity index (χ1n) is 6.49. The number of rotatable bonds is 4. The van der Waals surface area contributed by atoms with Gasteiger partial charge in [0.1, 0.15) is 5.75 Å². The molecule has 0 aliphatic heterocycles. The van der Waals surface area contributed by atoms with E-state index in [4.69, 9.17) is 4.74 Å². The minimum atomic E-state index is -0.545. The fourth-order valence-corrected chi connectivity index (χ4v) is 2.25. The van der Waals surface area contributed by atoms with Gasteiger partial charge < -0.3 is 9.84 Å². The minimum Gasteiger partial charge on any atom is -0.496 e.